The van der Waals surface area contributed by atoms with Gasteiger partial charge in [-0.3, -0.25) is 10.1 Å². The summed E-state index contributed by atoms with van der Waals surface area (Å²) in [5.74, 6) is 1.28. The fourth-order valence-electron chi connectivity index (χ4n) is 1.95. The third kappa shape index (κ3) is 3.03. The maximum absolute atomic E-state index is 12.0. The molecule has 1 N–H and O–H groups in total. The van der Waals surface area contributed by atoms with Crippen molar-refractivity contribution in [1.29, 1.82) is 0 Å². The minimum atomic E-state index is -0.208. The summed E-state index contributed by atoms with van der Waals surface area (Å²) in [4.78, 5) is 17.9. The Labute approximate surface area is 100 Å². The van der Waals surface area contributed by atoms with Gasteiger partial charge in [-0.2, -0.15) is 4.98 Å². The van der Waals surface area contributed by atoms with Crippen molar-refractivity contribution < 1.29 is 9.32 Å². The Balaban J connectivity index is 1.80. The number of likely N-dealkylation sites (tertiary alicyclic amines) is 1. The molecule has 1 aliphatic rings. The molecule has 1 fully saturated rings. The summed E-state index contributed by atoms with van der Waals surface area (Å²) in [5.41, 5.74) is 0. The third-order valence-corrected chi connectivity index (χ3v) is 2.92. The summed E-state index contributed by atoms with van der Waals surface area (Å²) in [7, 11) is 0. The summed E-state index contributed by atoms with van der Waals surface area (Å²) in [5, 5.41) is 6.80. The van der Waals surface area contributed by atoms with Crippen molar-refractivity contribution in [2.24, 2.45) is 0 Å². The lowest BCUT2D eigenvalue weighted by molar-refractivity contribution is -0.132. The van der Waals surface area contributed by atoms with E-state index >= 15 is 0 Å². The number of carbonyl (C=O) groups excluding carboxylic acids is 1. The highest BCUT2D eigenvalue weighted by molar-refractivity contribution is 5.81. The number of hydrogen-bond donors (Lipinski definition) is 1. The monoisotopic (exact) mass is 238 g/mol. The van der Waals surface area contributed by atoms with E-state index in [1.165, 1.54) is 0 Å². The molecule has 17 heavy (non-hydrogen) atoms. The maximum Gasteiger partial charge on any atom is 0.240 e. The number of aryl methyl sites for hydroxylation is 1. The van der Waals surface area contributed by atoms with Crippen molar-refractivity contribution in [3.05, 3.63) is 11.7 Å². The van der Waals surface area contributed by atoms with Crippen LogP contribution in [0, 0.1) is 6.92 Å². The second kappa shape index (κ2) is 5.27. The summed E-state index contributed by atoms with van der Waals surface area (Å²) >= 11 is 0. The standard InChI is InChI=1S/C11H18N4O2/c1-8(11(16)15-5-3-4-6-15)12-7-10-13-9(2)14-17-10/h8,12H,3-7H2,1-2H3. The molecule has 0 bridgehead atoms. The van der Waals surface area contributed by atoms with Crippen molar-refractivity contribution in [3.63, 3.8) is 0 Å². The molecule has 94 valence electrons. The zero-order valence-electron chi connectivity index (χ0n) is 10.3. The van der Waals surface area contributed by atoms with E-state index in [4.69, 9.17) is 4.52 Å². The number of rotatable bonds is 4. The molecule has 1 amide bonds. The van der Waals surface area contributed by atoms with Crippen molar-refractivity contribution in [1.82, 2.24) is 20.4 Å². The minimum Gasteiger partial charge on any atom is -0.341 e. The van der Waals surface area contributed by atoms with E-state index in [1.54, 1.807) is 6.92 Å². The van der Waals surface area contributed by atoms with Crippen molar-refractivity contribution in [2.45, 2.75) is 39.3 Å². The summed E-state index contributed by atoms with van der Waals surface area (Å²) < 4.78 is 4.97. The van der Waals surface area contributed by atoms with Crippen LogP contribution in [0.5, 0.6) is 0 Å². The van der Waals surface area contributed by atoms with Gasteiger partial charge in [-0.1, -0.05) is 5.16 Å². The second-order valence-electron chi connectivity index (χ2n) is 4.37. The molecule has 6 heteroatoms. The van der Waals surface area contributed by atoms with Gasteiger partial charge in [0, 0.05) is 13.1 Å². The van der Waals surface area contributed by atoms with E-state index in [9.17, 15) is 4.79 Å². The molecule has 1 aromatic heterocycles. The molecule has 0 aromatic carbocycles. The van der Waals surface area contributed by atoms with Crippen molar-refractivity contribution in [2.75, 3.05) is 13.1 Å². The van der Waals surface area contributed by atoms with Gasteiger partial charge in [-0.05, 0) is 26.7 Å². The van der Waals surface area contributed by atoms with Gasteiger partial charge in [0.15, 0.2) is 5.82 Å². The topological polar surface area (TPSA) is 71.3 Å². The van der Waals surface area contributed by atoms with Crippen LogP contribution >= 0.6 is 0 Å². The van der Waals surface area contributed by atoms with Crippen LogP contribution in [0.4, 0.5) is 0 Å². The number of hydrogen-bond acceptors (Lipinski definition) is 5. The molecular weight excluding hydrogens is 220 g/mol. The Kier molecular flexibility index (Phi) is 3.73. The van der Waals surface area contributed by atoms with Gasteiger partial charge in [0.25, 0.3) is 0 Å². The first kappa shape index (κ1) is 12.0. The van der Waals surface area contributed by atoms with Crippen LogP contribution in [-0.2, 0) is 11.3 Å². The predicted molar refractivity (Wildman–Crippen MR) is 61.2 cm³/mol. The van der Waals surface area contributed by atoms with Gasteiger partial charge >= 0.3 is 0 Å². The Bertz CT molecular complexity index is 385. The zero-order valence-corrected chi connectivity index (χ0v) is 10.3. The van der Waals surface area contributed by atoms with Crippen LogP contribution in [0.2, 0.25) is 0 Å². The van der Waals surface area contributed by atoms with Crippen LogP contribution in [0.1, 0.15) is 31.5 Å². The average molecular weight is 238 g/mol. The molecule has 0 spiro atoms. The first-order chi connectivity index (χ1) is 8.16. The summed E-state index contributed by atoms with van der Waals surface area (Å²) in [6, 6.07) is -0.208. The van der Waals surface area contributed by atoms with Gasteiger partial charge in [-0.15, -0.1) is 0 Å². The van der Waals surface area contributed by atoms with E-state index in [-0.39, 0.29) is 11.9 Å². The Morgan fingerprint density at radius 3 is 2.82 bits per heavy atom. The largest absolute Gasteiger partial charge is 0.341 e. The van der Waals surface area contributed by atoms with Crippen molar-refractivity contribution in [3.8, 4) is 0 Å². The average Bonchev–Trinajstić information content (AvgIpc) is 2.95. The first-order valence-corrected chi connectivity index (χ1v) is 5.98. The predicted octanol–water partition coefficient (Wildman–Crippen LogP) is 0.479. The molecule has 1 aromatic rings. The number of carbonyl (C=O) groups is 1. The van der Waals surface area contributed by atoms with E-state index < -0.39 is 0 Å². The van der Waals surface area contributed by atoms with E-state index in [0.29, 0.717) is 18.3 Å². The van der Waals surface area contributed by atoms with E-state index in [0.717, 1.165) is 25.9 Å². The molecule has 6 nitrogen and oxygen atoms in total. The molecule has 0 aliphatic carbocycles. The second-order valence-corrected chi connectivity index (χ2v) is 4.37. The number of aromatic nitrogens is 2. The Hall–Kier alpha value is -1.43. The van der Waals surface area contributed by atoms with Crippen LogP contribution < -0.4 is 5.32 Å². The molecule has 1 aliphatic heterocycles. The molecule has 0 saturated carbocycles. The van der Waals surface area contributed by atoms with E-state index in [2.05, 4.69) is 15.5 Å². The Morgan fingerprint density at radius 2 is 2.24 bits per heavy atom. The molecule has 2 heterocycles. The molecule has 1 atom stereocenters. The molecule has 1 saturated heterocycles. The van der Waals surface area contributed by atoms with Crippen LogP contribution in [0.15, 0.2) is 4.52 Å². The van der Waals surface area contributed by atoms with E-state index in [1.807, 2.05) is 11.8 Å². The number of nitrogens with zero attached hydrogens (tertiary/aromatic N) is 3. The van der Waals surface area contributed by atoms with Gasteiger partial charge in [0.05, 0.1) is 12.6 Å². The third-order valence-electron chi connectivity index (χ3n) is 2.92. The number of nitrogens with one attached hydrogen (secondary N) is 1. The van der Waals surface area contributed by atoms with Gasteiger partial charge in [0.1, 0.15) is 0 Å². The smallest absolute Gasteiger partial charge is 0.240 e. The lowest BCUT2D eigenvalue weighted by Crippen LogP contribution is -2.43. The van der Waals surface area contributed by atoms with Crippen molar-refractivity contribution >= 4 is 5.91 Å². The lowest BCUT2D eigenvalue weighted by Gasteiger charge is -2.20. The van der Waals surface area contributed by atoms with Gasteiger partial charge < -0.3 is 9.42 Å². The fourth-order valence-corrected chi connectivity index (χ4v) is 1.95. The SMILES string of the molecule is Cc1noc(CNC(C)C(=O)N2CCCC2)n1. The minimum absolute atomic E-state index is 0.152. The van der Waals surface area contributed by atoms with Crippen LogP contribution in [0.25, 0.3) is 0 Å². The molecule has 0 radical (unpaired) electrons. The highest BCUT2D eigenvalue weighted by Gasteiger charge is 2.23. The highest BCUT2D eigenvalue weighted by atomic mass is 16.5. The Morgan fingerprint density at radius 1 is 1.53 bits per heavy atom. The first-order valence-electron chi connectivity index (χ1n) is 5.98. The maximum atomic E-state index is 12.0. The van der Waals surface area contributed by atoms with Crippen LogP contribution in [0.3, 0.4) is 0 Å². The summed E-state index contributed by atoms with van der Waals surface area (Å²) in [6.45, 7) is 5.83. The molecule has 1 unspecified atom stereocenters. The zero-order chi connectivity index (χ0) is 12.3. The van der Waals surface area contributed by atoms with Crippen LogP contribution in [-0.4, -0.2) is 40.1 Å². The molecule has 2 rings (SSSR count). The molecular formula is C11H18N4O2. The van der Waals surface area contributed by atoms with Gasteiger partial charge in [-0.25, -0.2) is 0 Å². The fraction of sp³-hybridized carbons (Fsp3) is 0.727. The highest BCUT2D eigenvalue weighted by Crippen LogP contribution is 2.09. The lowest BCUT2D eigenvalue weighted by atomic mass is 10.3. The number of amides is 1. The van der Waals surface area contributed by atoms with Gasteiger partial charge in [0.2, 0.25) is 11.8 Å². The summed E-state index contributed by atoms with van der Waals surface area (Å²) in [6.07, 6.45) is 2.22. The normalized spacial score (nSPS) is 17.4. The quantitative estimate of drug-likeness (QED) is 0.826.